The van der Waals surface area contributed by atoms with E-state index in [2.05, 4.69) is 29.2 Å². The second kappa shape index (κ2) is 7.07. The molecule has 1 aromatic heterocycles. The Labute approximate surface area is 127 Å². The standard InChI is InChI=1S/C16H28N4O/c1-12(2)19-7-5-6-15(10-19)9-17-16(21)11-20-14(4)8-13(3)18-20/h8,12,15H,5-7,9-11H2,1-4H3,(H,17,21)/t15-/m1/s1. The Morgan fingerprint density at radius 1 is 1.48 bits per heavy atom. The minimum Gasteiger partial charge on any atom is -0.354 e. The summed E-state index contributed by atoms with van der Waals surface area (Å²) in [6.07, 6.45) is 2.44. The first-order chi connectivity index (χ1) is 9.95. The van der Waals surface area contributed by atoms with E-state index in [1.165, 1.54) is 19.4 Å². The topological polar surface area (TPSA) is 50.2 Å². The van der Waals surface area contributed by atoms with Crippen LogP contribution in [0.25, 0.3) is 0 Å². The molecule has 1 N–H and O–H groups in total. The number of likely N-dealkylation sites (tertiary alicyclic amines) is 1. The lowest BCUT2D eigenvalue weighted by Crippen LogP contribution is -2.44. The van der Waals surface area contributed by atoms with Crippen LogP contribution < -0.4 is 5.32 Å². The van der Waals surface area contributed by atoms with Crippen LogP contribution >= 0.6 is 0 Å². The molecule has 1 aliphatic heterocycles. The summed E-state index contributed by atoms with van der Waals surface area (Å²) < 4.78 is 1.77. The number of aryl methyl sites for hydroxylation is 2. The van der Waals surface area contributed by atoms with Crippen LogP contribution in [0.3, 0.4) is 0 Å². The molecule has 5 heteroatoms. The Hall–Kier alpha value is -1.36. The molecule has 0 aliphatic carbocycles. The van der Waals surface area contributed by atoms with Gasteiger partial charge >= 0.3 is 0 Å². The van der Waals surface area contributed by atoms with Crippen LogP contribution in [-0.4, -0.2) is 46.3 Å². The van der Waals surface area contributed by atoms with E-state index in [1.807, 2.05) is 19.9 Å². The molecule has 5 nitrogen and oxygen atoms in total. The Morgan fingerprint density at radius 3 is 2.86 bits per heavy atom. The van der Waals surface area contributed by atoms with Crippen molar-refractivity contribution in [1.82, 2.24) is 20.0 Å². The van der Waals surface area contributed by atoms with Crippen molar-refractivity contribution in [2.45, 2.75) is 53.1 Å². The molecule has 0 aromatic carbocycles. The zero-order chi connectivity index (χ0) is 15.4. The lowest BCUT2D eigenvalue weighted by atomic mass is 9.97. The van der Waals surface area contributed by atoms with Crippen LogP contribution in [0.15, 0.2) is 6.07 Å². The highest BCUT2D eigenvalue weighted by Crippen LogP contribution is 2.17. The average molecular weight is 292 g/mol. The number of carbonyl (C=O) groups is 1. The van der Waals surface area contributed by atoms with Crippen molar-refractivity contribution >= 4 is 5.91 Å². The monoisotopic (exact) mass is 292 g/mol. The molecule has 0 bridgehead atoms. The minimum absolute atomic E-state index is 0.0582. The van der Waals surface area contributed by atoms with Crippen LogP contribution in [0.5, 0.6) is 0 Å². The maximum absolute atomic E-state index is 12.0. The summed E-state index contributed by atoms with van der Waals surface area (Å²) in [5.74, 6) is 0.633. The van der Waals surface area contributed by atoms with Gasteiger partial charge in [-0.2, -0.15) is 5.10 Å². The number of hydrogen-bond acceptors (Lipinski definition) is 3. The Balaban J connectivity index is 1.77. The number of piperidine rings is 1. The summed E-state index contributed by atoms with van der Waals surface area (Å²) in [7, 11) is 0. The predicted octanol–water partition coefficient (Wildman–Crippen LogP) is 1.74. The first-order valence-corrected chi connectivity index (χ1v) is 7.97. The summed E-state index contributed by atoms with van der Waals surface area (Å²) in [6, 6.07) is 2.59. The van der Waals surface area contributed by atoms with E-state index in [0.717, 1.165) is 24.5 Å². The highest BCUT2D eigenvalue weighted by atomic mass is 16.2. The zero-order valence-corrected chi connectivity index (χ0v) is 13.7. The van der Waals surface area contributed by atoms with Crippen molar-refractivity contribution in [3.63, 3.8) is 0 Å². The predicted molar refractivity (Wildman–Crippen MR) is 84.1 cm³/mol. The molecule has 0 spiro atoms. The fourth-order valence-corrected chi connectivity index (χ4v) is 3.02. The van der Waals surface area contributed by atoms with Crippen LogP contribution in [0.4, 0.5) is 0 Å². The van der Waals surface area contributed by atoms with E-state index >= 15 is 0 Å². The number of amides is 1. The third-order valence-corrected chi connectivity index (χ3v) is 4.27. The first-order valence-electron chi connectivity index (χ1n) is 7.97. The van der Waals surface area contributed by atoms with E-state index in [4.69, 9.17) is 0 Å². The van der Waals surface area contributed by atoms with Crippen LogP contribution in [0.2, 0.25) is 0 Å². The Bertz CT molecular complexity index is 481. The van der Waals surface area contributed by atoms with Crippen molar-refractivity contribution in [3.8, 4) is 0 Å². The van der Waals surface area contributed by atoms with Crippen LogP contribution in [0.1, 0.15) is 38.1 Å². The quantitative estimate of drug-likeness (QED) is 0.899. The number of hydrogen-bond donors (Lipinski definition) is 1. The minimum atomic E-state index is 0.0582. The molecule has 1 fully saturated rings. The number of aromatic nitrogens is 2. The SMILES string of the molecule is Cc1cc(C)n(CC(=O)NC[C@H]2CCCN(C(C)C)C2)n1. The summed E-state index contributed by atoms with van der Waals surface area (Å²) in [5, 5.41) is 7.40. The number of carbonyl (C=O) groups excluding carboxylic acids is 1. The highest BCUT2D eigenvalue weighted by molar-refractivity contribution is 5.75. The normalized spacial score (nSPS) is 20.0. The number of nitrogens with zero attached hydrogens (tertiary/aromatic N) is 3. The molecule has 1 atom stereocenters. The van der Waals surface area contributed by atoms with Gasteiger partial charge in [-0.05, 0) is 59.1 Å². The van der Waals surface area contributed by atoms with E-state index in [0.29, 0.717) is 18.5 Å². The molecule has 118 valence electrons. The second-order valence-corrected chi connectivity index (χ2v) is 6.49. The Morgan fingerprint density at radius 2 is 2.24 bits per heavy atom. The van der Waals surface area contributed by atoms with Gasteiger partial charge in [0.15, 0.2) is 0 Å². The van der Waals surface area contributed by atoms with Crippen molar-refractivity contribution in [3.05, 3.63) is 17.5 Å². The van der Waals surface area contributed by atoms with E-state index in [1.54, 1.807) is 4.68 Å². The number of rotatable bonds is 5. The van der Waals surface area contributed by atoms with Gasteiger partial charge in [0, 0.05) is 24.8 Å². The molecule has 0 unspecified atom stereocenters. The van der Waals surface area contributed by atoms with Gasteiger partial charge in [-0.1, -0.05) is 0 Å². The van der Waals surface area contributed by atoms with Gasteiger partial charge < -0.3 is 10.2 Å². The summed E-state index contributed by atoms with van der Waals surface area (Å²) in [6.45, 7) is 11.8. The third-order valence-electron chi connectivity index (χ3n) is 4.27. The lowest BCUT2D eigenvalue weighted by molar-refractivity contribution is -0.122. The molecule has 1 aromatic rings. The summed E-state index contributed by atoms with van der Waals surface area (Å²) in [5.41, 5.74) is 1.99. The molecular formula is C16H28N4O. The van der Waals surface area contributed by atoms with Gasteiger partial charge in [-0.3, -0.25) is 9.48 Å². The van der Waals surface area contributed by atoms with Crippen LogP contribution in [0, 0.1) is 19.8 Å². The fraction of sp³-hybridized carbons (Fsp3) is 0.750. The highest BCUT2D eigenvalue weighted by Gasteiger charge is 2.22. The zero-order valence-electron chi connectivity index (χ0n) is 13.7. The van der Waals surface area contributed by atoms with Gasteiger partial charge in [0.2, 0.25) is 5.91 Å². The fourth-order valence-electron chi connectivity index (χ4n) is 3.02. The Kier molecular flexibility index (Phi) is 5.39. The maximum Gasteiger partial charge on any atom is 0.241 e. The van der Waals surface area contributed by atoms with Gasteiger partial charge in [0.1, 0.15) is 6.54 Å². The molecule has 0 radical (unpaired) electrons. The molecule has 1 aliphatic rings. The smallest absolute Gasteiger partial charge is 0.241 e. The van der Waals surface area contributed by atoms with E-state index in [-0.39, 0.29) is 5.91 Å². The van der Waals surface area contributed by atoms with Crippen molar-refractivity contribution in [2.75, 3.05) is 19.6 Å². The molecule has 2 heterocycles. The van der Waals surface area contributed by atoms with Gasteiger partial charge in [0.25, 0.3) is 0 Å². The molecule has 2 rings (SSSR count). The molecule has 1 amide bonds. The second-order valence-electron chi connectivity index (χ2n) is 6.49. The van der Waals surface area contributed by atoms with E-state index in [9.17, 15) is 4.79 Å². The third kappa shape index (κ3) is 4.56. The van der Waals surface area contributed by atoms with Gasteiger partial charge in [-0.25, -0.2) is 0 Å². The maximum atomic E-state index is 12.0. The van der Waals surface area contributed by atoms with Crippen molar-refractivity contribution in [1.29, 1.82) is 0 Å². The molecule has 21 heavy (non-hydrogen) atoms. The van der Waals surface area contributed by atoms with Gasteiger partial charge in [0.05, 0.1) is 5.69 Å². The number of nitrogens with one attached hydrogen (secondary N) is 1. The molecular weight excluding hydrogens is 264 g/mol. The van der Waals surface area contributed by atoms with E-state index < -0.39 is 0 Å². The van der Waals surface area contributed by atoms with Gasteiger partial charge in [-0.15, -0.1) is 0 Å². The largest absolute Gasteiger partial charge is 0.354 e. The summed E-state index contributed by atoms with van der Waals surface area (Å²) in [4.78, 5) is 14.5. The average Bonchev–Trinajstić information content (AvgIpc) is 2.75. The summed E-state index contributed by atoms with van der Waals surface area (Å²) >= 11 is 0. The molecule has 1 saturated heterocycles. The first kappa shape index (κ1) is 16.0. The van der Waals surface area contributed by atoms with Crippen molar-refractivity contribution < 1.29 is 4.79 Å². The lowest BCUT2D eigenvalue weighted by Gasteiger charge is -2.35. The molecule has 0 saturated carbocycles. The van der Waals surface area contributed by atoms with Crippen molar-refractivity contribution in [2.24, 2.45) is 5.92 Å². The van der Waals surface area contributed by atoms with Crippen LogP contribution in [-0.2, 0) is 11.3 Å².